The van der Waals surface area contributed by atoms with Crippen molar-refractivity contribution in [1.29, 1.82) is 0 Å². The summed E-state index contributed by atoms with van der Waals surface area (Å²) in [4.78, 5) is 0. The normalized spacial score (nSPS) is 10.2. The highest BCUT2D eigenvalue weighted by molar-refractivity contribution is 5.52. The zero-order valence-electron chi connectivity index (χ0n) is 9.61. The van der Waals surface area contributed by atoms with Crippen LogP contribution in [0.25, 0.3) is 0 Å². The molecule has 2 nitrogen and oxygen atoms in total. The van der Waals surface area contributed by atoms with E-state index in [-0.39, 0.29) is 5.82 Å². The van der Waals surface area contributed by atoms with Crippen molar-refractivity contribution in [2.24, 2.45) is 0 Å². The van der Waals surface area contributed by atoms with Crippen LogP contribution in [0.1, 0.15) is 11.1 Å². The minimum absolute atomic E-state index is 0.348. The Bertz CT molecular complexity index is 525. The van der Waals surface area contributed by atoms with Crippen LogP contribution in [-0.2, 0) is 6.61 Å². The van der Waals surface area contributed by atoms with Crippen molar-refractivity contribution in [3.05, 3.63) is 59.4 Å². The van der Waals surface area contributed by atoms with E-state index in [9.17, 15) is 4.39 Å². The molecule has 0 aliphatic carbocycles. The fourth-order valence-corrected chi connectivity index (χ4v) is 1.56. The number of aryl methyl sites for hydroxylation is 1. The summed E-state index contributed by atoms with van der Waals surface area (Å²) in [5.41, 5.74) is 8.35. The Morgan fingerprint density at radius 1 is 1.18 bits per heavy atom. The maximum Gasteiger partial charge on any atom is 0.145 e. The van der Waals surface area contributed by atoms with Gasteiger partial charge in [-0.05, 0) is 30.2 Å². The van der Waals surface area contributed by atoms with Gasteiger partial charge < -0.3 is 10.5 Å². The fraction of sp³-hybridized carbons (Fsp3) is 0.143. The van der Waals surface area contributed by atoms with Crippen molar-refractivity contribution in [3.63, 3.8) is 0 Å². The van der Waals surface area contributed by atoms with Crippen LogP contribution in [0, 0.1) is 12.7 Å². The molecule has 2 aromatic carbocycles. The van der Waals surface area contributed by atoms with Gasteiger partial charge in [-0.2, -0.15) is 0 Å². The van der Waals surface area contributed by atoms with Crippen LogP contribution < -0.4 is 10.5 Å². The Morgan fingerprint density at radius 3 is 2.71 bits per heavy atom. The van der Waals surface area contributed by atoms with Crippen LogP contribution in [-0.4, -0.2) is 0 Å². The molecule has 0 unspecified atom stereocenters. The molecule has 2 rings (SSSR count). The first-order valence-corrected chi connectivity index (χ1v) is 5.39. The highest BCUT2D eigenvalue weighted by atomic mass is 19.1. The molecule has 88 valence electrons. The highest BCUT2D eigenvalue weighted by Crippen LogP contribution is 2.23. The number of nitrogen functional groups attached to an aromatic ring is 1. The molecular formula is C14H14FNO. The molecule has 0 aliphatic heterocycles. The first-order chi connectivity index (χ1) is 8.16. The molecule has 0 saturated heterocycles. The highest BCUT2D eigenvalue weighted by Gasteiger charge is 2.03. The average molecular weight is 231 g/mol. The second kappa shape index (κ2) is 4.87. The van der Waals surface area contributed by atoms with Crippen molar-refractivity contribution in [2.75, 3.05) is 5.73 Å². The number of rotatable bonds is 3. The number of nitrogens with two attached hydrogens (primary N) is 1. The molecule has 0 heterocycles. The van der Waals surface area contributed by atoms with Crippen molar-refractivity contribution in [3.8, 4) is 5.75 Å². The molecule has 17 heavy (non-hydrogen) atoms. The monoisotopic (exact) mass is 231 g/mol. The maximum atomic E-state index is 13.0. The lowest BCUT2D eigenvalue weighted by Crippen LogP contribution is -2.00. The third-order valence-corrected chi connectivity index (χ3v) is 2.62. The molecule has 0 bridgehead atoms. The molecule has 0 saturated carbocycles. The van der Waals surface area contributed by atoms with E-state index in [0.29, 0.717) is 18.0 Å². The van der Waals surface area contributed by atoms with E-state index in [2.05, 4.69) is 0 Å². The Hall–Kier alpha value is -2.03. The molecule has 0 atom stereocenters. The number of hydrogen-bond donors (Lipinski definition) is 1. The first kappa shape index (κ1) is 11.5. The van der Waals surface area contributed by atoms with E-state index >= 15 is 0 Å². The molecule has 0 radical (unpaired) electrons. The largest absolute Gasteiger partial charge is 0.487 e. The number of hydrogen-bond acceptors (Lipinski definition) is 2. The molecule has 0 amide bonds. The van der Waals surface area contributed by atoms with E-state index in [0.717, 1.165) is 11.1 Å². The van der Waals surface area contributed by atoms with Crippen LogP contribution >= 0.6 is 0 Å². The first-order valence-electron chi connectivity index (χ1n) is 5.39. The number of ether oxygens (including phenoxy) is 1. The van der Waals surface area contributed by atoms with Gasteiger partial charge in [-0.25, -0.2) is 4.39 Å². The third kappa shape index (κ3) is 2.75. The van der Waals surface area contributed by atoms with Gasteiger partial charge in [0, 0.05) is 6.07 Å². The summed E-state index contributed by atoms with van der Waals surface area (Å²) < 4.78 is 18.5. The van der Waals surface area contributed by atoms with Gasteiger partial charge in [0.2, 0.25) is 0 Å². The van der Waals surface area contributed by atoms with Crippen LogP contribution in [0.5, 0.6) is 5.75 Å². The van der Waals surface area contributed by atoms with Gasteiger partial charge in [0.15, 0.2) is 0 Å². The molecule has 0 spiro atoms. The van der Waals surface area contributed by atoms with Crippen LogP contribution in [0.4, 0.5) is 10.1 Å². The van der Waals surface area contributed by atoms with Crippen LogP contribution in [0.3, 0.4) is 0 Å². The summed E-state index contributed by atoms with van der Waals surface area (Å²) in [5, 5.41) is 0. The lowest BCUT2D eigenvalue weighted by Gasteiger charge is -2.10. The molecule has 3 heteroatoms. The Morgan fingerprint density at radius 2 is 1.94 bits per heavy atom. The molecular weight excluding hydrogens is 217 g/mol. The molecule has 0 fully saturated rings. The van der Waals surface area contributed by atoms with E-state index < -0.39 is 0 Å². The third-order valence-electron chi connectivity index (χ3n) is 2.62. The van der Waals surface area contributed by atoms with Crippen LogP contribution in [0.2, 0.25) is 0 Å². The Balaban J connectivity index is 2.12. The van der Waals surface area contributed by atoms with Crippen molar-refractivity contribution < 1.29 is 9.13 Å². The van der Waals surface area contributed by atoms with Crippen LogP contribution in [0.15, 0.2) is 42.5 Å². The van der Waals surface area contributed by atoms with Gasteiger partial charge in [-0.3, -0.25) is 0 Å². The number of halogens is 1. The van der Waals surface area contributed by atoms with Crippen molar-refractivity contribution in [2.45, 2.75) is 13.5 Å². The zero-order chi connectivity index (χ0) is 12.3. The minimum atomic E-state index is -0.348. The summed E-state index contributed by atoms with van der Waals surface area (Å²) in [6.45, 7) is 2.40. The smallest absolute Gasteiger partial charge is 0.145 e. The SMILES string of the molecule is Cc1ccccc1COc1cc(F)ccc1N. The van der Waals surface area contributed by atoms with Crippen molar-refractivity contribution in [1.82, 2.24) is 0 Å². The van der Waals surface area contributed by atoms with Gasteiger partial charge in [0.05, 0.1) is 5.69 Å². The Kier molecular flexibility index (Phi) is 3.28. The average Bonchev–Trinajstić information content (AvgIpc) is 2.32. The van der Waals surface area contributed by atoms with E-state index in [4.69, 9.17) is 10.5 Å². The predicted molar refractivity (Wildman–Crippen MR) is 66.3 cm³/mol. The van der Waals surface area contributed by atoms with Gasteiger partial charge >= 0.3 is 0 Å². The lowest BCUT2D eigenvalue weighted by atomic mass is 10.1. The number of benzene rings is 2. The van der Waals surface area contributed by atoms with Gasteiger partial charge in [0.25, 0.3) is 0 Å². The minimum Gasteiger partial charge on any atom is -0.487 e. The summed E-state index contributed by atoms with van der Waals surface area (Å²) >= 11 is 0. The Labute approximate surface area is 99.8 Å². The molecule has 0 aliphatic rings. The van der Waals surface area contributed by atoms with E-state index in [1.807, 2.05) is 31.2 Å². The summed E-state index contributed by atoms with van der Waals surface area (Å²) in [6, 6.07) is 12.0. The second-order valence-electron chi connectivity index (χ2n) is 3.90. The van der Waals surface area contributed by atoms with Crippen molar-refractivity contribution >= 4 is 5.69 Å². The maximum absolute atomic E-state index is 13.0. The summed E-state index contributed by atoms with van der Waals surface area (Å²) in [6.07, 6.45) is 0. The van der Waals surface area contributed by atoms with E-state index in [1.165, 1.54) is 18.2 Å². The topological polar surface area (TPSA) is 35.2 Å². The fourth-order valence-electron chi connectivity index (χ4n) is 1.56. The van der Waals surface area contributed by atoms with Gasteiger partial charge in [-0.1, -0.05) is 24.3 Å². The van der Waals surface area contributed by atoms with Gasteiger partial charge in [-0.15, -0.1) is 0 Å². The molecule has 2 N–H and O–H groups in total. The quantitative estimate of drug-likeness (QED) is 0.822. The summed E-state index contributed by atoms with van der Waals surface area (Å²) in [7, 11) is 0. The predicted octanol–water partition coefficient (Wildman–Crippen LogP) is 3.30. The van der Waals surface area contributed by atoms with E-state index in [1.54, 1.807) is 0 Å². The second-order valence-corrected chi connectivity index (χ2v) is 3.90. The zero-order valence-corrected chi connectivity index (χ0v) is 9.61. The lowest BCUT2D eigenvalue weighted by molar-refractivity contribution is 0.305. The number of anilines is 1. The summed E-state index contributed by atoms with van der Waals surface area (Å²) in [5.74, 6) is 0.0345. The standard InChI is InChI=1S/C14H14FNO/c1-10-4-2-3-5-11(10)9-17-14-8-12(15)6-7-13(14)16/h2-8H,9,16H2,1H3. The molecule has 2 aromatic rings. The van der Waals surface area contributed by atoms with Gasteiger partial charge in [0.1, 0.15) is 18.2 Å². The molecule has 0 aromatic heterocycles.